The van der Waals surface area contributed by atoms with Gasteiger partial charge in [0, 0.05) is 24.2 Å². The van der Waals surface area contributed by atoms with Crippen molar-refractivity contribution >= 4 is 11.8 Å². The Morgan fingerprint density at radius 1 is 1.22 bits per heavy atom. The van der Waals surface area contributed by atoms with Crippen molar-refractivity contribution in [1.29, 1.82) is 0 Å². The smallest absolute Gasteiger partial charge is 0.255 e. The van der Waals surface area contributed by atoms with Crippen molar-refractivity contribution in [2.75, 3.05) is 20.3 Å². The quantitative estimate of drug-likeness (QED) is 0.686. The molecule has 0 unspecified atom stereocenters. The minimum absolute atomic E-state index is 0.0970. The molecule has 0 fully saturated rings. The largest absolute Gasteiger partial charge is 0.493 e. The van der Waals surface area contributed by atoms with Crippen molar-refractivity contribution in [1.82, 2.24) is 4.90 Å². The number of hydrogen-bond acceptors (Lipinski definition) is 4. The highest BCUT2D eigenvalue weighted by Gasteiger charge is 2.19. The summed E-state index contributed by atoms with van der Waals surface area (Å²) in [6, 6.07) is 10.8. The van der Waals surface area contributed by atoms with E-state index >= 15 is 0 Å². The van der Waals surface area contributed by atoms with E-state index in [-0.39, 0.29) is 42.9 Å². The molecule has 0 aliphatic carbocycles. The number of rotatable bonds is 9. The summed E-state index contributed by atoms with van der Waals surface area (Å²) < 4.78 is 24.4. The lowest BCUT2D eigenvalue weighted by Gasteiger charge is -2.22. The van der Waals surface area contributed by atoms with Crippen molar-refractivity contribution in [2.45, 2.75) is 6.54 Å². The van der Waals surface area contributed by atoms with Crippen LogP contribution in [-0.2, 0) is 11.3 Å². The average Bonchev–Trinajstić information content (AvgIpc) is 2.66. The maximum atomic E-state index is 13.9. The van der Waals surface area contributed by atoms with Crippen LogP contribution in [0.2, 0.25) is 0 Å². The summed E-state index contributed by atoms with van der Waals surface area (Å²) in [6.45, 7) is 3.69. The fraction of sp³-hybridized carbons (Fsp3) is 0.200. The van der Waals surface area contributed by atoms with Crippen LogP contribution in [-0.4, -0.2) is 37.0 Å². The minimum atomic E-state index is -0.626. The SMILES string of the molecule is C=CCN(Cc1ccccc1F)C(=O)c1ccc(OCC(N)=O)c(OC)c1. The van der Waals surface area contributed by atoms with Gasteiger partial charge < -0.3 is 20.1 Å². The van der Waals surface area contributed by atoms with Crippen molar-refractivity contribution < 1.29 is 23.5 Å². The molecule has 0 atom stereocenters. The molecule has 0 aliphatic rings. The van der Waals surface area contributed by atoms with Crippen LogP contribution in [0.25, 0.3) is 0 Å². The normalized spacial score (nSPS) is 10.1. The number of carbonyl (C=O) groups excluding carboxylic acids is 2. The molecular weight excluding hydrogens is 351 g/mol. The molecule has 2 aromatic carbocycles. The number of nitrogens with zero attached hydrogens (tertiary/aromatic N) is 1. The summed E-state index contributed by atoms with van der Waals surface area (Å²) in [7, 11) is 1.42. The summed E-state index contributed by atoms with van der Waals surface area (Å²) in [5, 5.41) is 0. The zero-order valence-electron chi connectivity index (χ0n) is 15.0. The molecule has 7 heteroatoms. The van der Waals surface area contributed by atoms with Crippen molar-refractivity contribution in [3.05, 3.63) is 72.1 Å². The number of hydrogen-bond donors (Lipinski definition) is 1. The topological polar surface area (TPSA) is 81.9 Å². The van der Waals surface area contributed by atoms with Crippen LogP contribution >= 0.6 is 0 Å². The monoisotopic (exact) mass is 372 g/mol. The molecule has 142 valence electrons. The van der Waals surface area contributed by atoms with Crippen LogP contribution in [0.1, 0.15) is 15.9 Å². The molecule has 2 aromatic rings. The lowest BCUT2D eigenvalue weighted by atomic mass is 10.1. The third-order valence-electron chi connectivity index (χ3n) is 3.74. The molecule has 2 amide bonds. The summed E-state index contributed by atoms with van der Waals surface area (Å²) >= 11 is 0. The van der Waals surface area contributed by atoms with Gasteiger partial charge in [-0.2, -0.15) is 0 Å². The molecule has 0 aromatic heterocycles. The Balaban J connectivity index is 2.25. The van der Waals surface area contributed by atoms with Crippen molar-refractivity contribution in [3.63, 3.8) is 0 Å². The Morgan fingerprint density at radius 3 is 2.59 bits per heavy atom. The van der Waals surface area contributed by atoms with E-state index < -0.39 is 5.91 Å². The van der Waals surface area contributed by atoms with E-state index in [4.69, 9.17) is 15.2 Å². The Kier molecular flexibility index (Phi) is 6.93. The number of methoxy groups -OCH3 is 1. The molecule has 0 bridgehead atoms. The van der Waals surface area contributed by atoms with Crippen LogP contribution in [0.3, 0.4) is 0 Å². The van der Waals surface area contributed by atoms with Gasteiger partial charge in [-0.05, 0) is 24.3 Å². The molecule has 0 saturated heterocycles. The minimum Gasteiger partial charge on any atom is -0.493 e. The Bertz CT molecular complexity index is 838. The molecule has 0 saturated carbocycles. The Morgan fingerprint density at radius 2 is 1.96 bits per heavy atom. The second kappa shape index (κ2) is 9.38. The number of carbonyl (C=O) groups is 2. The molecule has 2 N–H and O–H groups in total. The molecule has 2 rings (SSSR count). The number of primary amides is 1. The Hall–Kier alpha value is -3.35. The van der Waals surface area contributed by atoms with Gasteiger partial charge in [0.2, 0.25) is 0 Å². The highest BCUT2D eigenvalue weighted by molar-refractivity contribution is 5.95. The molecule has 0 radical (unpaired) electrons. The van der Waals surface area contributed by atoms with Gasteiger partial charge >= 0.3 is 0 Å². The van der Waals surface area contributed by atoms with Crippen LogP contribution in [0.4, 0.5) is 4.39 Å². The van der Waals surface area contributed by atoms with Gasteiger partial charge in [0.1, 0.15) is 5.82 Å². The molecule has 0 aliphatic heterocycles. The summed E-state index contributed by atoms with van der Waals surface area (Å²) in [6.07, 6.45) is 1.57. The zero-order chi connectivity index (χ0) is 19.8. The lowest BCUT2D eigenvalue weighted by molar-refractivity contribution is -0.119. The van der Waals surface area contributed by atoms with Crippen LogP contribution in [0, 0.1) is 5.82 Å². The van der Waals surface area contributed by atoms with Gasteiger partial charge in [0.25, 0.3) is 11.8 Å². The lowest BCUT2D eigenvalue weighted by Crippen LogP contribution is -2.31. The van der Waals surface area contributed by atoms with Gasteiger partial charge in [0.05, 0.1) is 7.11 Å². The van der Waals surface area contributed by atoms with Gasteiger partial charge in [-0.15, -0.1) is 6.58 Å². The second-order valence-electron chi connectivity index (χ2n) is 5.69. The number of amides is 2. The van der Waals surface area contributed by atoms with Gasteiger partial charge in [-0.25, -0.2) is 4.39 Å². The fourth-order valence-electron chi connectivity index (χ4n) is 2.46. The van der Waals surface area contributed by atoms with Crippen LogP contribution < -0.4 is 15.2 Å². The predicted octanol–water partition coefficient (Wildman–Crippen LogP) is 2.53. The first-order valence-corrected chi connectivity index (χ1v) is 8.19. The first-order valence-electron chi connectivity index (χ1n) is 8.19. The maximum Gasteiger partial charge on any atom is 0.255 e. The maximum absolute atomic E-state index is 13.9. The fourth-order valence-corrected chi connectivity index (χ4v) is 2.46. The third-order valence-corrected chi connectivity index (χ3v) is 3.74. The second-order valence-corrected chi connectivity index (χ2v) is 5.69. The number of benzene rings is 2. The van der Waals surface area contributed by atoms with E-state index in [2.05, 4.69) is 6.58 Å². The van der Waals surface area contributed by atoms with Gasteiger partial charge in [-0.1, -0.05) is 24.3 Å². The van der Waals surface area contributed by atoms with Gasteiger partial charge in [-0.3, -0.25) is 9.59 Å². The van der Waals surface area contributed by atoms with Crippen molar-refractivity contribution in [3.8, 4) is 11.5 Å². The summed E-state index contributed by atoms with van der Waals surface area (Å²) in [5.74, 6) is -0.756. The first-order chi connectivity index (χ1) is 13.0. The average molecular weight is 372 g/mol. The van der Waals surface area contributed by atoms with E-state index in [0.29, 0.717) is 11.1 Å². The van der Waals surface area contributed by atoms with Crippen molar-refractivity contribution in [2.24, 2.45) is 5.73 Å². The number of ether oxygens (including phenoxy) is 2. The van der Waals surface area contributed by atoms with E-state index in [1.165, 1.54) is 30.2 Å². The van der Waals surface area contributed by atoms with Crippen LogP contribution in [0.5, 0.6) is 11.5 Å². The zero-order valence-corrected chi connectivity index (χ0v) is 15.0. The highest BCUT2D eigenvalue weighted by Crippen LogP contribution is 2.28. The molecule has 0 spiro atoms. The van der Waals surface area contributed by atoms with E-state index in [1.807, 2.05) is 0 Å². The first kappa shape index (κ1) is 20.0. The van der Waals surface area contributed by atoms with E-state index in [1.54, 1.807) is 30.3 Å². The number of halogens is 1. The predicted molar refractivity (Wildman–Crippen MR) is 99.0 cm³/mol. The Labute approximate surface area is 157 Å². The highest BCUT2D eigenvalue weighted by atomic mass is 19.1. The standard InChI is InChI=1S/C20H21FN2O4/c1-3-10-23(12-15-6-4-5-7-16(15)21)20(25)14-8-9-17(18(11-14)26-2)27-13-19(22)24/h3-9,11H,1,10,12-13H2,2H3,(H2,22,24). The molecular formula is C20H21FN2O4. The molecule has 27 heavy (non-hydrogen) atoms. The molecule has 0 heterocycles. The summed E-state index contributed by atoms with van der Waals surface area (Å²) in [4.78, 5) is 25.2. The summed E-state index contributed by atoms with van der Waals surface area (Å²) in [5.41, 5.74) is 5.80. The van der Waals surface area contributed by atoms with E-state index in [0.717, 1.165) is 0 Å². The number of nitrogens with two attached hydrogens (primary N) is 1. The van der Waals surface area contributed by atoms with Crippen LogP contribution in [0.15, 0.2) is 55.1 Å². The third kappa shape index (κ3) is 5.31. The van der Waals surface area contributed by atoms with Gasteiger partial charge in [0.15, 0.2) is 18.1 Å². The van der Waals surface area contributed by atoms with E-state index in [9.17, 15) is 14.0 Å². The molecule has 6 nitrogen and oxygen atoms in total.